The first-order valence-corrected chi connectivity index (χ1v) is 8.16. The van der Waals surface area contributed by atoms with Gasteiger partial charge in [-0.25, -0.2) is 0 Å². The summed E-state index contributed by atoms with van der Waals surface area (Å²) in [5, 5.41) is 8.74. The highest BCUT2D eigenvalue weighted by atomic mass is 16.5. The molecule has 1 aliphatic rings. The molecule has 0 radical (unpaired) electrons. The number of para-hydroxylation sites is 1. The van der Waals surface area contributed by atoms with Crippen LogP contribution in [0, 0.1) is 12.8 Å². The maximum absolute atomic E-state index is 5.56. The third kappa shape index (κ3) is 2.94. The molecule has 0 amide bonds. The Morgan fingerprint density at radius 3 is 2.50 bits per heavy atom. The van der Waals surface area contributed by atoms with E-state index in [9.17, 15) is 0 Å². The maximum atomic E-state index is 5.56. The average molecular weight is 325 g/mol. The summed E-state index contributed by atoms with van der Waals surface area (Å²) in [6, 6.07) is 5.75. The molecule has 0 spiro atoms. The fraction of sp³-hybridized carbons (Fsp3) is 0.368. The number of aromatic nitrogens is 3. The summed E-state index contributed by atoms with van der Waals surface area (Å²) >= 11 is 0. The molecule has 1 heterocycles. The highest BCUT2D eigenvalue weighted by Crippen LogP contribution is 2.36. The van der Waals surface area contributed by atoms with E-state index in [0.717, 1.165) is 41.7 Å². The van der Waals surface area contributed by atoms with Gasteiger partial charge in [-0.15, -0.1) is 10.2 Å². The van der Waals surface area contributed by atoms with Gasteiger partial charge >= 0.3 is 0 Å². The van der Waals surface area contributed by atoms with Crippen LogP contribution in [-0.2, 0) is 0 Å². The van der Waals surface area contributed by atoms with Crippen molar-refractivity contribution >= 4 is 5.57 Å². The molecule has 0 bridgehead atoms. The number of aryl methyl sites for hydroxylation is 1. The lowest BCUT2D eigenvalue weighted by molar-refractivity contribution is 0.390. The molecular weight excluding hydrogens is 302 g/mol. The van der Waals surface area contributed by atoms with Gasteiger partial charge in [-0.2, -0.15) is 0 Å². The van der Waals surface area contributed by atoms with E-state index in [1.807, 2.05) is 29.7 Å². The monoisotopic (exact) mass is 325 g/mol. The predicted molar refractivity (Wildman–Crippen MR) is 94.7 cm³/mol. The second-order valence-corrected chi connectivity index (χ2v) is 6.01. The first-order valence-electron chi connectivity index (χ1n) is 8.16. The summed E-state index contributed by atoms with van der Waals surface area (Å²) in [4.78, 5) is 0. The molecule has 0 aliphatic heterocycles. The van der Waals surface area contributed by atoms with Gasteiger partial charge < -0.3 is 9.47 Å². The molecule has 5 heteroatoms. The first-order chi connectivity index (χ1) is 11.7. The topological polar surface area (TPSA) is 49.2 Å². The van der Waals surface area contributed by atoms with Crippen molar-refractivity contribution in [3.05, 3.63) is 48.1 Å². The van der Waals surface area contributed by atoms with Crippen molar-refractivity contribution in [1.82, 2.24) is 14.8 Å². The van der Waals surface area contributed by atoms with Crippen molar-refractivity contribution in [3.63, 3.8) is 0 Å². The van der Waals surface area contributed by atoms with E-state index >= 15 is 0 Å². The molecule has 126 valence electrons. The Hall–Kier alpha value is -2.56. The van der Waals surface area contributed by atoms with Crippen molar-refractivity contribution in [2.75, 3.05) is 14.2 Å². The van der Waals surface area contributed by atoms with E-state index in [2.05, 4.69) is 35.3 Å². The Bertz CT molecular complexity index is 768. The van der Waals surface area contributed by atoms with Crippen LogP contribution in [0.5, 0.6) is 11.5 Å². The molecule has 1 atom stereocenters. The summed E-state index contributed by atoms with van der Waals surface area (Å²) in [6.45, 7) is 4.17. The van der Waals surface area contributed by atoms with Gasteiger partial charge in [0.1, 0.15) is 23.0 Å². The van der Waals surface area contributed by atoms with Crippen LogP contribution in [0.25, 0.3) is 11.3 Å². The molecule has 1 aliphatic carbocycles. The minimum atomic E-state index is 0.567. The zero-order chi connectivity index (χ0) is 17.1. The Morgan fingerprint density at radius 1 is 1.12 bits per heavy atom. The fourth-order valence-corrected chi connectivity index (χ4v) is 3.00. The Balaban J connectivity index is 2.16. The lowest BCUT2D eigenvalue weighted by Crippen LogP contribution is -2.07. The highest BCUT2D eigenvalue weighted by Gasteiger charge is 2.21. The van der Waals surface area contributed by atoms with E-state index in [4.69, 9.17) is 9.47 Å². The molecule has 0 saturated heterocycles. The zero-order valence-electron chi connectivity index (χ0n) is 14.6. The molecule has 24 heavy (non-hydrogen) atoms. The second-order valence-electron chi connectivity index (χ2n) is 6.01. The zero-order valence-corrected chi connectivity index (χ0v) is 14.6. The summed E-state index contributed by atoms with van der Waals surface area (Å²) < 4.78 is 13.1. The van der Waals surface area contributed by atoms with Crippen molar-refractivity contribution in [3.8, 4) is 17.2 Å². The summed E-state index contributed by atoms with van der Waals surface area (Å²) in [7, 11) is 3.32. The number of allylic oxidation sites excluding steroid dienone is 4. The molecule has 2 aromatic rings. The largest absolute Gasteiger partial charge is 0.494 e. The Morgan fingerprint density at radius 2 is 1.83 bits per heavy atom. The Kier molecular flexibility index (Phi) is 4.69. The Labute approximate surface area is 142 Å². The lowest BCUT2D eigenvalue weighted by atomic mass is 10.0. The van der Waals surface area contributed by atoms with Crippen LogP contribution in [-0.4, -0.2) is 29.0 Å². The number of methoxy groups -OCH3 is 2. The number of nitrogens with zero attached hydrogens (tertiary/aromatic N) is 3. The second kappa shape index (κ2) is 6.91. The first kappa shape index (κ1) is 16.3. The van der Waals surface area contributed by atoms with Gasteiger partial charge in [0.05, 0.1) is 14.2 Å². The van der Waals surface area contributed by atoms with Crippen LogP contribution in [0.15, 0.2) is 36.4 Å². The predicted octanol–water partition coefficient (Wildman–Crippen LogP) is 3.96. The van der Waals surface area contributed by atoms with Crippen LogP contribution in [0.4, 0.5) is 0 Å². The van der Waals surface area contributed by atoms with Gasteiger partial charge in [0.15, 0.2) is 5.82 Å². The fourth-order valence-electron chi connectivity index (χ4n) is 3.00. The van der Waals surface area contributed by atoms with Crippen molar-refractivity contribution < 1.29 is 9.47 Å². The normalized spacial score (nSPS) is 17.3. The number of benzene rings is 1. The van der Waals surface area contributed by atoms with Crippen molar-refractivity contribution in [2.45, 2.75) is 26.7 Å². The SMILES string of the molecule is COc1cccc(OC)c1-n1c(C)nnc1C1=CC=CC(C)CC1. The van der Waals surface area contributed by atoms with Crippen molar-refractivity contribution in [2.24, 2.45) is 5.92 Å². The third-order valence-electron chi connectivity index (χ3n) is 4.34. The molecule has 0 saturated carbocycles. The van der Waals surface area contributed by atoms with Crippen LogP contribution < -0.4 is 9.47 Å². The summed E-state index contributed by atoms with van der Waals surface area (Å²) in [5.41, 5.74) is 2.01. The van der Waals surface area contributed by atoms with Gasteiger partial charge in [0.2, 0.25) is 0 Å². The average Bonchev–Trinajstić information content (AvgIpc) is 2.83. The summed E-state index contributed by atoms with van der Waals surface area (Å²) in [6.07, 6.45) is 8.53. The number of hydrogen-bond acceptors (Lipinski definition) is 4. The smallest absolute Gasteiger partial charge is 0.164 e. The number of ether oxygens (including phenoxy) is 2. The molecule has 1 aromatic heterocycles. The minimum Gasteiger partial charge on any atom is -0.494 e. The standard InChI is InChI=1S/C19H23N3O2/c1-13-7-5-8-15(12-11-13)19-21-20-14(2)22(19)18-16(23-3)9-6-10-17(18)24-4/h5-10,13H,11-12H2,1-4H3. The van der Waals surface area contributed by atoms with E-state index in [1.165, 1.54) is 5.57 Å². The molecule has 0 N–H and O–H groups in total. The molecule has 1 unspecified atom stereocenters. The van der Waals surface area contributed by atoms with E-state index in [-0.39, 0.29) is 0 Å². The number of rotatable bonds is 4. The van der Waals surface area contributed by atoms with Gasteiger partial charge in [0.25, 0.3) is 0 Å². The highest BCUT2D eigenvalue weighted by molar-refractivity contribution is 5.67. The van der Waals surface area contributed by atoms with Gasteiger partial charge in [-0.05, 0) is 43.4 Å². The maximum Gasteiger partial charge on any atom is 0.164 e. The van der Waals surface area contributed by atoms with Crippen LogP contribution in [0.2, 0.25) is 0 Å². The van der Waals surface area contributed by atoms with E-state index < -0.39 is 0 Å². The van der Waals surface area contributed by atoms with Crippen molar-refractivity contribution in [1.29, 1.82) is 0 Å². The van der Waals surface area contributed by atoms with Gasteiger partial charge in [0, 0.05) is 0 Å². The molecule has 0 fully saturated rings. The number of hydrogen-bond donors (Lipinski definition) is 0. The molecular formula is C19H23N3O2. The molecule has 5 nitrogen and oxygen atoms in total. The van der Waals surface area contributed by atoms with Crippen LogP contribution >= 0.6 is 0 Å². The van der Waals surface area contributed by atoms with E-state index in [1.54, 1.807) is 14.2 Å². The van der Waals surface area contributed by atoms with Gasteiger partial charge in [-0.1, -0.05) is 31.2 Å². The third-order valence-corrected chi connectivity index (χ3v) is 4.34. The summed E-state index contributed by atoms with van der Waals surface area (Å²) in [5.74, 6) is 3.68. The van der Waals surface area contributed by atoms with Crippen LogP contribution in [0.3, 0.4) is 0 Å². The van der Waals surface area contributed by atoms with E-state index in [0.29, 0.717) is 5.92 Å². The van der Waals surface area contributed by atoms with Crippen LogP contribution in [0.1, 0.15) is 31.4 Å². The minimum absolute atomic E-state index is 0.567. The molecule has 3 rings (SSSR count). The lowest BCUT2D eigenvalue weighted by Gasteiger charge is -2.17. The van der Waals surface area contributed by atoms with Gasteiger partial charge in [-0.3, -0.25) is 4.57 Å². The molecule has 1 aromatic carbocycles. The quantitative estimate of drug-likeness (QED) is 0.853.